The molecule has 0 radical (unpaired) electrons. The second-order valence-electron chi connectivity index (χ2n) is 6.03. The summed E-state index contributed by atoms with van der Waals surface area (Å²) in [5.41, 5.74) is 2.60. The molecule has 1 aromatic rings. The summed E-state index contributed by atoms with van der Waals surface area (Å²) >= 11 is 0. The molecule has 0 saturated carbocycles. The molecule has 1 atom stereocenters. The van der Waals surface area contributed by atoms with Gasteiger partial charge < -0.3 is 5.32 Å². The molecular formula is C18H28N2O. The molecule has 1 amide bonds. The summed E-state index contributed by atoms with van der Waals surface area (Å²) in [4.78, 5) is 14.2. The SMILES string of the molecule is CCC(=O)NCC(c1ccc(C)cc1)N1CCCCCC1. The van der Waals surface area contributed by atoms with Crippen molar-refractivity contribution in [3.05, 3.63) is 35.4 Å². The minimum absolute atomic E-state index is 0.141. The molecule has 0 spiro atoms. The van der Waals surface area contributed by atoms with Gasteiger partial charge in [-0.2, -0.15) is 0 Å². The van der Waals surface area contributed by atoms with Gasteiger partial charge in [-0.1, -0.05) is 49.6 Å². The highest BCUT2D eigenvalue weighted by atomic mass is 16.1. The zero-order valence-corrected chi connectivity index (χ0v) is 13.4. The summed E-state index contributed by atoms with van der Waals surface area (Å²) in [6.07, 6.45) is 5.76. The zero-order chi connectivity index (χ0) is 15.1. The van der Waals surface area contributed by atoms with Crippen molar-refractivity contribution < 1.29 is 4.79 Å². The van der Waals surface area contributed by atoms with Crippen LogP contribution in [0.4, 0.5) is 0 Å². The Bertz CT molecular complexity index is 433. The number of carbonyl (C=O) groups excluding carboxylic acids is 1. The molecule has 1 N–H and O–H groups in total. The quantitative estimate of drug-likeness (QED) is 0.900. The molecule has 2 rings (SSSR count). The molecule has 0 aliphatic carbocycles. The highest BCUT2D eigenvalue weighted by Crippen LogP contribution is 2.24. The highest BCUT2D eigenvalue weighted by molar-refractivity contribution is 5.75. The fourth-order valence-corrected chi connectivity index (χ4v) is 2.99. The summed E-state index contributed by atoms with van der Waals surface area (Å²) in [5, 5.41) is 3.08. The average Bonchev–Trinajstić information content (AvgIpc) is 2.78. The van der Waals surface area contributed by atoms with E-state index in [1.165, 1.54) is 36.8 Å². The van der Waals surface area contributed by atoms with Crippen LogP contribution in [0.2, 0.25) is 0 Å². The Labute approximate surface area is 128 Å². The molecule has 0 bridgehead atoms. The molecule has 1 unspecified atom stereocenters. The smallest absolute Gasteiger partial charge is 0.219 e. The standard InChI is InChI=1S/C18H28N2O/c1-3-18(21)19-14-17(16-10-8-15(2)9-11-16)20-12-6-4-5-7-13-20/h8-11,17H,3-7,12-14H2,1-2H3,(H,19,21). The van der Waals surface area contributed by atoms with Gasteiger partial charge in [0, 0.05) is 13.0 Å². The summed E-state index contributed by atoms with van der Waals surface area (Å²) in [6.45, 7) is 7.02. The largest absolute Gasteiger partial charge is 0.354 e. The lowest BCUT2D eigenvalue weighted by Gasteiger charge is -2.31. The number of benzene rings is 1. The van der Waals surface area contributed by atoms with Crippen LogP contribution in [0, 0.1) is 6.92 Å². The monoisotopic (exact) mass is 288 g/mol. The van der Waals surface area contributed by atoms with E-state index in [2.05, 4.69) is 41.4 Å². The molecule has 0 aromatic heterocycles. The van der Waals surface area contributed by atoms with E-state index in [4.69, 9.17) is 0 Å². The van der Waals surface area contributed by atoms with Gasteiger partial charge in [-0.05, 0) is 38.4 Å². The van der Waals surface area contributed by atoms with Gasteiger partial charge in [-0.15, -0.1) is 0 Å². The second kappa shape index (κ2) is 8.18. The molecule has 116 valence electrons. The van der Waals surface area contributed by atoms with E-state index in [-0.39, 0.29) is 5.91 Å². The maximum absolute atomic E-state index is 11.6. The summed E-state index contributed by atoms with van der Waals surface area (Å²) in [6, 6.07) is 9.06. The Kier molecular flexibility index (Phi) is 6.24. The van der Waals surface area contributed by atoms with Gasteiger partial charge in [0.2, 0.25) is 5.91 Å². The maximum atomic E-state index is 11.6. The molecule has 3 heteroatoms. The van der Waals surface area contributed by atoms with Crippen molar-refractivity contribution in [3.8, 4) is 0 Å². The number of amides is 1. The molecule has 1 aromatic carbocycles. The third-order valence-electron chi connectivity index (χ3n) is 4.36. The molecule has 1 aliphatic rings. The average molecular weight is 288 g/mol. The Morgan fingerprint density at radius 3 is 2.33 bits per heavy atom. The third-order valence-corrected chi connectivity index (χ3v) is 4.36. The summed E-state index contributed by atoms with van der Waals surface area (Å²) < 4.78 is 0. The van der Waals surface area contributed by atoms with Crippen LogP contribution < -0.4 is 5.32 Å². The third kappa shape index (κ3) is 4.85. The minimum Gasteiger partial charge on any atom is -0.354 e. The predicted octanol–water partition coefficient (Wildman–Crippen LogP) is 3.44. The van der Waals surface area contributed by atoms with Gasteiger partial charge in [-0.3, -0.25) is 9.69 Å². The first-order valence-corrected chi connectivity index (χ1v) is 8.28. The fourth-order valence-electron chi connectivity index (χ4n) is 2.99. The van der Waals surface area contributed by atoms with Gasteiger partial charge in [0.15, 0.2) is 0 Å². The minimum atomic E-state index is 0.141. The van der Waals surface area contributed by atoms with E-state index in [0.29, 0.717) is 12.5 Å². The van der Waals surface area contributed by atoms with Crippen molar-refractivity contribution in [2.75, 3.05) is 19.6 Å². The predicted molar refractivity (Wildman–Crippen MR) is 87.3 cm³/mol. The Hall–Kier alpha value is -1.35. The molecule has 1 aliphatic heterocycles. The highest BCUT2D eigenvalue weighted by Gasteiger charge is 2.21. The first-order valence-electron chi connectivity index (χ1n) is 8.28. The normalized spacial score (nSPS) is 18.0. The number of aryl methyl sites for hydroxylation is 1. The Balaban J connectivity index is 2.11. The number of rotatable bonds is 5. The van der Waals surface area contributed by atoms with Crippen LogP contribution in [0.5, 0.6) is 0 Å². The van der Waals surface area contributed by atoms with E-state index in [0.717, 1.165) is 19.6 Å². The lowest BCUT2D eigenvalue weighted by Crippen LogP contribution is -2.38. The second-order valence-corrected chi connectivity index (χ2v) is 6.03. The van der Waals surface area contributed by atoms with Gasteiger partial charge in [0.05, 0.1) is 6.04 Å². The number of nitrogens with one attached hydrogen (secondary N) is 1. The van der Waals surface area contributed by atoms with Crippen LogP contribution in [0.25, 0.3) is 0 Å². The molecule has 3 nitrogen and oxygen atoms in total. The first-order chi connectivity index (χ1) is 10.2. The van der Waals surface area contributed by atoms with Crippen LogP contribution >= 0.6 is 0 Å². The number of carbonyl (C=O) groups is 1. The molecule has 1 fully saturated rings. The molecular weight excluding hydrogens is 260 g/mol. The summed E-state index contributed by atoms with van der Waals surface area (Å²) in [5.74, 6) is 0.141. The van der Waals surface area contributed by atoms with Gasteiger partial charge in [-0.25, -0.2) is 0 Å². The number of nitrogens with zero attached hydrogens (tertiary/aromatic N) is 1. The topological polar surface area (TPSA) is 32.3 Å². The van der Waals surface area contributed by atoms with E-state index < -0.39 is 0 Å². The van der Waals surface area contributed by atoms with E-state index in [9.17, 15) is 4.79 Å². The zero-order valence-electron chi connectivity index (χ0n) is 13.4. The Morgan fingerprint density at radius 1 is 1.14 bits per heavy atom. The van der Waals surface area contributed by atoms with Gasteiger partial charge in [0.25, 0.3) is 0 Å². The lowest BCUT2D eigenvalue weighted by molar-refractivity contribution is -0.121. The van der Waals surface area contributed by atoms with Crippen molar-refractivity contribution in [3.63, 3.8) is 0 Å². The van der Waals surface area contributed by atoms with Crippen LogP contribution in [-0.2, 0) is 4.79 Å². The van der Waals surface area contributed by atoms with E-state index >= 15 is 0 Å². The number of likely N-dealkylation sites (tertiary alicyclic amines) is 1. The van der Waals surface area contributed by atoms with Crippen LogP contribution in [0.3, 0.4) is 0 Å². The van der Waals surface area contributed by atoms with Crippen LogP contribution in [0.15, 0.2) is 24.3 Å². The van der Waals surface area contributed by atoms with Gasteiger partial charge in [0.1, 0.15) is 0 Å². The number of hydrogen-bond donors (Lipinski definition) is 1. The van der Waals surface area contributed by atoms with E-state index in [1.807, 2.05) is 6.92 Å². The van der Waals surface area contributed by atoms with Crippen molar-refractivity contribution in [1.82, 2.24) is 10.2 Å². The van der Waals surface area contributed by atoms with Crippen LogP contribution in [0.1, 0.15) is 56.2 Å². The van der Waals surface area contributed by atoms with Crippen molar-refractivity contribution in [2.24, 2.45) is 0 Å². The Morgan fingerprint density at radius 2 is 1.76 bits per heavy atom. The number of hydrogen-bond acceptors (Lipinski definition) is 2. The first kappa shape index (κ1) is 16.0. The molecule has 1 heterocycles. The van der Waals surface area contributed by atoms with E-state index in [1.54, 1.807) is 0 Å². The van der Waals surface area contributed by atoms with Gasteiger partial charge >= 0.3 is 0 Å². The van der Waals surface area contributed by atoms with Crippen molar-refractivity contribution in [2.45, 2.75) is 52.0 Å². The van der Waals surface area contributed by atoms with Crippen molar-refractivity contribution >= 4 is 5.91 Å². The summed E-state index contributed by atoms with van der Waals surface area (Å²) in [7, 11) is 0. The fraction of sp³-hybridized carbons (Fsp3) is 0.611. The molecule has 1 saturated heterocycles. The molecule has 21 heavy (non-hydrogen) atoms. The van der Waals surface area contributed by atoms with Crippen molar-refractivity contribution in [1.29, 1.82) is 0 Å². The van der Waals surface area contributed by atoms with Crippen LogP contribution in [-0.4, -0.2) is 30.4 Å². The maximum Gasteiger partial charge on any atom is 0.219 e. The lowest BCUT2D eigenvalue weighted by atomic mass is 10.0.